The van der Waals surface area contributed by atoms with E-state index in [0.717, 1.165) is 17.7 Å². The Kier molecular flexibility index (Phi) is 6.29. The Hall–Kier alpha value is -3.61. The molecule has 3 rings (SSSR count). The maximum Gasteiger partial charge on any atom is 0.228 e. The molecule has 5 nitrogen and oxygen atoms in total. The minimum absolute atomic E-state index is 0.176. The zero-order valence-electron chi connectivity index (χ0n) is 16.0. The predicted octanol–water partition coefficient (Wildman–Crippen LogP) is 4.91. The van der Waals surface area contributed by atoms with E-state index in [9.17, 15) is 13.6 Å². The third-order valence-electron chi connectivity index (χ3n) is 4.19. The summed E-state index contributed by atoms with van der Waals surface area (Å²) in [5, 5.41) is 5.79. The first-order valence-corrected chi connectivity index (χ1v) is 8.81. The van der Waals surface area contributed by atoms with Crippen molar-refractivity contribution >= 4 is 23.0 Å². The van der Waals surface area contributed by atoms with Gasteiger partial charge in [-0.15, -0.1) is 0 Å². The third kappa shape index (κ3) is 5.22. The topological polar surface area (TPSA) is 59.6 Å². The maximum absolute atomic E-state index is 13.3. The van der Waals surface area contributed by atoms with Crippen molar-refractivity contribution in [1.29, 1.82) is 0 Å². The third-order valence-corrected chi connectivity index (χ3v) is 4.19. The highest BCUT2D eigenvalue weighted by Gasteiger charge is 2.09. The van der Waals surface area contributed by atoms with E-state index >= 15 is 0 Å². The Labute approximate surface area is 167 Å². The molecule has 0 atom stereocenters. The van der Waals surface area contributed by atoms with Gasteiger partial charge in [0, 0.05) is 23.1 Å². The van der Waals surface area contributed by atoms with Gasteiger partial charge >= 0.3 is 0 Å². The van der Waals surface area contributed by atoms with Gasteiger partial charge in [-0.25, -0.2) is 8.78 Å². The van der Waals surface area contributed by atoms with Crippen molar-refractivity contribution in [3.63, 3.8) is 0 Å². The molecule has 7 heteroatoms. The lowest BCUT2D eigenvalue weighted by Gasteiger charge is -2.11. The van der Waals surface area contributed by atoms with Gasteiger partial charge in [0.05, 0.1) is 20.6 Å². The zero-order valence-corrected chi connectivity index (χ0v) is 16.0. The van der Waals surface area contributed by atoms with Crippen molar-refractivity contribution in [2.45, 2.75) is 6.42 Å². The Morgan fingerprint density at radius 2 is 1.45 bits per heavy atom. The van der Waals surface area contributed by atoms with Gasteiger partial charge in [0.1, 0.15) is 0 Å². The van der Waals surface area contributed by atoms with Crippen LogP contribution in [0.4, 0.5) is 25.8 Å². The first-order valence-electron chi connectivity index (χ1n) is 8.81. The number of carbonyl (C=O) groups excluding carboxylic acids is 1. The van der Waals surface area contributed by atoms with Gasteiger partial charge in [0.25, 0.3) is 0 Å². The summed E-state index contributed by atoms with van der Waals surface area (Å²) in [4.78, 5) is 12.3. The number of amides is 1. The number of nitrogens with one attached hydrogen (secondary N) is 2. The van der Waals surface area contributed by atoms with Gasteiger partial charge in [0.2, 0.25) is 5.91 Å². The van der Waals surface area contributed by atoms with Crippen molar-refractivity contribution in [3.8, 4) is 11.5 Å². The number of carbonyl (C=O) groups is 1. The summed E-state index contributed by atoms with van der Waals surface area (Å²) in [6, 6.07) is 15.8. The minimum atomic E-state index is -0.922. The summed E-state index contributed by atoms with van der Waals surface area (Å²) >= 11 is 0. The lowest BCUT2D eigenvalue weighted by molar-refractivity contribution is -0.115. The van der Waals surface area contributed by atoms with Crippen LogP contribution in [0.15, 0.2) is 60.7 Å². The molecule has 0 unspecified atom stereocenters. The minimum Gasteiger partial charge on any atom is -0.493 e. The summed E-state index contributed by atoms with van der Waals surface area (Å²) in [7, 11) is 3.09. The van der Waals surface area contributed by atoms with E-state index in [4.69, 9.17) is 9.47 Å². The van der Waals surface area contributed by atoms with E-state index in [-0.39, 0.29) is 12.3 Å². The van der Waals surface area contributed by atoms with E-state index < -0.39 is 11.6 Å². The standard InChI is InChI=1S/C22H20F2N2O3/c1-28-20-10-3-14(11-21(20)29-2)12-22(27)26-16-6-4-15(5-7-16)25-17-8-9-18(23)19(24)13-17/h3-11,13,25H,12H2,1-2H3,(H,26,27). The maximum atomic E-state index is 13.3. The fourth-order valence-corrected chi connectivity index (χ4v) is 2.76. The molecule has 0 aromatic heterocycles. The second-order valence-electron chi connectivity index (χ2n) is 6.25. The summed E-state index contributed by atoms with van der Waals surface area (Å²) in [5.41, 5.74) is 2.51. The van der Waals surface area contributed by atoms with Gasteiger partial charge in [-0.05, 0) is 54.1 Å². The van der Waals surface area contributed by atoms with Crippen LogP contribution in [0.2, 0.25) is 0 Å². The van der Waals surface area contributed by atoms with Crippen molar-refractivity contribution < 1.29 is 23.0 Å². The normalized spacial score (nSPS) is 10.3. The lowest BCUT2D eigenvalue weighted by Crippen LogP contribution is -2.14. The second-order valence-corrected chi connectivity index (χ2v) is 6.25. The predicted molar refractivity (Wildman–Crippen MR) is 108 cm³/mol. The van der Waals surface area contributed by atoms with Crippen LogP contribution in [-0.4, -0.2) is 20.1 Å². The number of halogens is 2. The number of rotatable bonds is 7. The van der Waals surface area contributed by atoms with Gasteiger partial charge < -0.3 is 20.1 Å². The summed E-state index contributed by atoms with van der Waals surface area (Å²) in [5.74, 6) is -0.845. The van der Waals surface area contributed by atoms with Crippen LogP contribution in [0, 0.1) is 11.6 Å². The highest BCUT2D eigenvalue weighted by atomic mass is 19.2. The Morgan fingerprint density at radius 3 is 2.10 bits per heavy atom. The second kappa shape index (κ2) is 9.05. The van der Waals surface area contributed by atoms with Crippen molar-refractivity contribution in [2.75, 3.05) is 24.9 Å². The number of hydrogen-bond donors (Lipinski definition) is 2. The molecule has 1 amide bonds. The fourth-order valence-electron chi connectivity index (χ4n) is 2.76. The molecule has 0 saturated carbocycles. The molecule has 0 fully saturated rings. The van der Waals surface area contributed by atoms with Crippen LogP contribution < -0.4 is 20.1 Å². The van der Waals surface area contributed by atoms with Crippen LogP contribution in [-0.2, 0) is 11.2 Å². The average Bonchev–Trinajstić information content (AvgIpc) is 2.72. The lowest BCUT2D eigenvalue weighted by atomic mass is 10.1. The number of ether oxygens (including phenoxy) is 2. The fraction of sp³-hybridized carbons (Fsp3) is 0.136. The first-order chi connectivity index (χ1) is 14.0. The van der Waals surface area contributed by atoms with E-state index in [1.165, 1.54) is 13.2 Å². The molecule has 0 heterocycles. The summed E-state index contributed by atoms with van der Waals surface area (Å²) in [6.45, 7) is 0. The molecule has 0 aliphatic heterocycles. The van der Waals surface area contributed by atoms with Gasteiger partial charge in [-0.1, -0.05) is 6.07 Å². The van der Waals surface area contributed by atoms with Crippen LogP contribution in [0.1, 0.15) is 5.56 Å². The smallest absolute Gasteiger partial charge is 0.228 e. The molecule has 29 heavy (non-hydrogen) atoms. The quantitative estimate of drug-likeness (QED) is 0.594. The van der Waals surface area contributed by atoms with Crippen molar-refractivity contribution in [1.82, 2.24) is 0 Å². The van der Waals surface area contributed by atoms with Crippen LogP contribution in [0.5, 0.6) is 11.5 Å². The highest BCUT2D eigenvalue weighted by Crippen LogP contribution is 2.28. The number of anilines is 3. The molecule has 0 aliphatic rings. The molecule has 0 spiro atoms. The highest BCUT2D eigenvalue weighted by molar-refractivity contribution is 5.92. The van der Waals surface area contributed by atoms with Crippen LogP contribution in [0.3, 0.4) is 0 Å². The first kappa shape index (κ1) is 20.1. The Balaban J connectivity index is 1.60. The van der Waals surface area contributed by atoms with E-state index in [2.05, 4.69) is 10.6 Å². The van der Waals surface area contributed by atoms with E-state index in [1.54, 1.807) is 49.6 Å². The summed E-state index contributed by atoms with van der Waals surface area (Å²) < 4.78 is 36.7. The van der Waals surface area contributed by atoms with Crippen LogP contribution in [0.25, 0.3) is 0 Å². The molecule has 2 N–H and O–H groups in total. The number of hydrogen-bond acceptors (Lipinski definition) is 4. The average molecular weight is 398 g/mol. The van der Waals surface area contributed by atoms with Crippen molar-refractivity contribution in [3.05, 3.63) is 77.9 Å². The van der Waals surface area contributed by atoms with Gasteiger partial charge in [-0.2, -0.15) is 0 Å². The molecular weight excluding hydrogens is 378 g/mol. The van der Waals surface area contributed by atoms with Crippen molar-refractivity contribution in [2.24, 2.45) is 0 Å². The molecule has 3 aromatic carbocycles. The molecule has 150 valence electrons. The molecule has 0 radical (unpaired) electrons. The Bertz CT molecular complexity index is 1010. The summed E-state index contributed by atoms with van der Waals surface area (Å²) in [6.07, 6.45) is 0.176. The molecular formula is C22H20F2N2O3. The molecule has 0 bridgehead atoms. The largest absolute Gasteiger partial charge is 0.493 e. The number of benzene rings is 3. The molecule has 0 saturated heterocycles. The number of methoxy groups -OCH3 is 2. The zero-order chi connectivity index (χ0) is 20.8. The van der Waals surface area contributed by atoms with Gasteiger partial charge in [-0.3, -0.25) is 4.79 Å². The molecule has 3 aromatic rings. The monoisotopic (exact) mass is 398 g/mol. The van der Waals surface area contributed by atoms with E-state index in [0.29, 0.717) is 28.6 Å². The molecule has 0 aliphatic carbocycles. The SMILES string of the molecule is COc1ccc(CC(=O)Nc2ccc(Nc3ccc(F)c(F)c3)cc2)cc1OC. The van der Waals surface area contributed by atoms with Gasteiger partial charge in [0.15, 0.2) is 23.1 Å². The Morgan fingerprint density at radius 1 is 0.793 bits per heavy atom. The van der Waals surface area contributed by atoms with E-state index in [1.807, 2.05) is 0 Å². The van der Waals surface area contributed by atoms with Crippen LogP contribution >= 0.6 is 0 Å².